The maximum absolute atomic E-state index is 10.3. The Morgan fingerprint density at radius 3 is 2.35 bits per heavy atom. The van der Waals surface area contributed by atoms with Crippen LogP contribution in [0.1, 0.15) is 49.5 Å². The van der Waals surface area contributed by atoms with Crippen LogP contribution in [0.15, 0.2) is 48.5 Å². The van der Waals surface area contributed by atoms with E-state index in [4.69, 9.17) is 0 Å². The van der Waals surface area contributed by atoms with Crippen LogP contribution in [-0.2, 0) is 0 Å². The van der Waals surface area contributed by atoms with Gasteiger partial charge in [0.25, 0.3) is 0 Å². The molecule has 0 aliphatic heterocycles. The van der Waals surface area contributed by atoms with Crippen molar-refractivity contribution in [2.75, 3.05) is 6.54 Å². The summed E-state index contributed by atoms with van der Waals surface area (Å²) in [6.07, 6.45) is 2.50. The summed E-state index contributed by atoms with van der Waals surface area (Å²) in [4.78, 5) is 0. The molecule has 0 heterocycles. The van der Waals surface area contributed by atoms with Crippen LogP contribution in [0, 0.1) is 0 Å². The van der Waals surface area contributed by atoms with Crippen molar-refractivity contribution in [3.8, 4) is 11.5 Å². The first-order valence-corrected chi connectivity index (χ1v) is 8.10. The minimum atomic E-state index is -0.741. The number of unbranched alkanes of at least 4 members (excludes halogenated alkanes) is 1. The molecular weight excluding hydrogens is 290 g/mol. The highest BCUT2D eigenvalue weighted by Gasteiger charge is 2.15. The molecule has 0 aliphatic rings. The number of hydrogen-bond acceptors (Lipinski definition) is 4. The van der Waals surface area contributed by atoms with Crippen LogP contribution < -0.4 is 5.32 Å². The Balaban J connectivity index is 2.00. The third kappa shape index (κ3) is 4.98. The lowest BCUT2D eigenvalue weighted by Gasteiger charge is -2.21. The fraction of sp³-hybridized carbons (Fsp3) is 0.368. The van der Waals surface area contributed by atoms with Crippen molar-refractivity contribution in [3.05, 3.63) is 59.7 Å². The third-order valence-corrected chi connectivity index (χ3v) is 3.99. The molecule has 0 aromatic heterocycles. The van der Waals surface area contributed by atoms with Gasteiger partial charge in [0.1, 0.15) is 0 Å². The van der Waals surface area contributed by atoms with E-state index in [-0.39, 0.29) is 17.5 Å². The molecule has 4 N–H and O–H groups in total. The summed E-state index contributed by atoms with van der Waals surface area (Å²) in [5.74, 6) is -0.397. The predicted molar refractivity (Wildman–Crippen MR) is 91.4 cm³/mol. The largest absolute Gasteiger partial charge is 0.504 e. The van der Waals surface area contributed by atoms with Crippen molar-refractivity contribution in [2.45, 2.75) is 38.3 Å². The van der Waals surface area contributed by atoms with Gasteiger partial charge in [0, 0.05) is 12.6 Å². The van der Waals surface area contributed by atoms with Crippen molar-refractivity contribution in [2.24, 2.45) is 0 Å². The molecule has 4 nitrogen and oxygen atoms in total. The van der Waals surface area contributed by atoms with Gasteiger partial charge in [0.2, 0.25) is 0 Å². The zero-order valence-electron chi connectivity index (χ0n) is 13.4. The summed E-state index contributed by atoms with van der Waals surface area (Å²) in [6.45, 7) is 2.55. The smallest absolute Gasteiger partial charge is 0.157 e. The molecule has 0 spiro atoms. The van der Waals surface area contributed by atoms with Gasteiger partial charge < -0.3 is 20.6 Å². The molecule has 0 saturated carbocycles. The number of aromatic hydroxyl groups is 2. The van der Waals surface area contributed by atoms with Crippen LogP contribution in [0.4, 0.5) is 0 Å². The number of aliphatic hydroxyl groups excluding tert-OH is 1. The predicted octanol–water partition coefficient (Wildman–Crippen LogP) is 3.65. The van der Waals surface area contributed by atoms with Crippen molar-refractivity contribution in [3.63, 3.8) is 0 Å². The van der Waals surface area contributed by atoms with Gasteiger partial charge in [-0.15, -0.1) is 0 Å². The lowest BCUT2D eigenvalue weighted by atomic mass is 10.0. The molecule has 0 fully saturated rings. The standard InChI is InChI=1S/C19H25NO3/c1-2-3-9-16(14-7-5-4-6-8-14)20-13-19(23)15-10-11-17(21)18(22)12-15/h4-8,10-12,16,19-23H,2-3,9,13H2,1H3. The van der Waals surface area contributed by atoms with E-state index in [1.54, 1.807) is 6.07 Å². The van der Waals surface area contributed by atoms with Gasteiger partial charge in [-0.25, -0.2) is 0 Å². The molecule has 23 heavy (non-hydrogen) atoms. The summed E-state index contributed by atoms with van der Waals surface area (Å²) in [7, 11) is 0. The molecule has 2 atom stereocenters. The van der Waals surface area contributed by atoms with Gasteiger partial charge >= 0.3 is 0 Å². The van der Waals surface area contributed by atoms with E-state index in [2.05, 4.69) is 24.4 Å². The van der Waals surface area contributed by atoms with Crippen LogP contribution >= 0.6 is 0 Å². The van der Waals surface area contributed by atoms with E-state index < -0.39 is 6.10 Å². The first-order chi connectivity index (χ1) is 11.1. The summed E-state index contributed by atoms with van der Waals surface area (Å²) in [5.41, 5.74) is 1.79. The highest BCUT2D eigenvalue weighted by atomic mass is 16.3. The highest BCUT2D eigenvalue weighted by molar-refractivity contribution is 5.41. The number of benzene rings is 2. The number of phenols is 2. The lowest BCUT2D eigenvalue weighted by molar-refractivity contribution is 0.168. The Hall–Kier alpha value is -2.04. The molecule has 4 heteroatoms. The first-order valence-electron chi connectivity index (χ1n) is 8.10. The van der Waals surface area contributed by atoms with E-state index >= 15 is 0 Å². The maximum atomic E-state index is 10.3. The number of aliphatic hydroxyl groups is 1. The van der Waals surface area contributed by atoms with Crippen LogP contribution in [0.3, 0.4) is 0 Å². The number of hydrogen-bond donors (Lipinski definition) is 4. The number of phenolic OH excluding ortho intramolecular Hbond substituents is 2. The van der Waals surface area contributed by atoms with Crippen molar-refractivity contribution >= 4 is 0 Å². The zero-order valence-corrected chi connectivity index (χ0v) is 13.4. The van der Waals surface area contributed by atoms with Crippen molar-refractivity contribution < 1.29 is 15.3 Å². The quantitative estimate of drug-likeness (QED) is 0.561. The van der Waals surface area contributed by atoms with Crippen LogP contribution in [0.5, 0.6) is 11.5 Å². The van der Waals surface area contributed by atoms with Gasteiger partial charge in [-0.05, 0) is 29.7 Å². The second kappa shape index (κ2) is 8.56. The van der Waals surface area contributed by atoms with Gasteiger partial charge in [0.15, 0.2) is 11.5 Å². The van der Waals surface area contributed by atoms with E-state index in [0.717, 1.165) is 19.3 Å². The molecule has 2 aromatic carbocycles. The normalized spacial score (nSPS) is 13.7. The van der Waals surface area contributed by atoms with Gasteiger partial charge in [0.05, 0.1) is 6.10 Å². The molecule has 0 amide bonds. The van der Waals surface area contributed by atoms with Crippen LogP contribution in [0.2, 0.25) is 0 Å². The molecule has 2 rings (SSSR count). The highest BCUT2D eigenvalue weighted by Crippen LogP contribution is 2.28. The minimum Gasteiger partial charge on any atom is -0.504 e. The Labute approximate surface area is 137 Å². The monoisotopic (exact) mass is 315 g/mol. The molecule has 0 bridgehead atoms. The Kier molecular flexibility index (Phi) is 6.44. The molecule has 2 aromatic rings. The van der Waals surface area contributed by atoms with E-state index in [0.29, 0.717) is 12.1 Å². The second-order valence-electron chi connectivity index (χ2n) is 5.78. The van der Waals surface area contributed by atoms with Crippen molar-refractivity contribution in [1.82, 2.24) is 5.32 Å². The summed E-state index contributed by atoms with van der Waals surface area (Å²) in [5, 5.41) is 32.6. The van der Waals surface area contributed by atoms with Gasteiger partial charge in [-0.2, -0.15) is 0 Å². The first kappa shape index (κ1) is 17.3. The summed E-state index contributed by atoms with van der Waals surface area (Å²) in [6, 6.07) is 14.8. The fourth-order valence-corrected chi connectivity index (χ4v) is 2.60. The SMILES string of the molecule is CCCCC(NCC(O)c1ccc(O)c(O)c1)c1ccccc1. The maximum Gasteiger partial charge on any atom is 0.157 e. The van der Waals surface area contributed by atoms with E-state index in [9.17, 15) is 15.3 Å². The van der Waals surface area contributed by atoms with Gasteiger partial charge in [-0.3, -0.25) is 0 Å². The van der Waals surface area contributed by atoms with Gasteiger partial charge in [-0.1, -0.05) is 56.2 Å². The Morgan fingerprint density at radius 2 is 1.70 bits per heavy atom. The Morgan fingerprint density at radius 1 is 0.957 bits per heavy atom. The topological polar surface area (TPSA) is 72.7 Å². The van der Waals surface area contributed by atoms with Crippen molar-refractivity contribution in [1.29, 1.82) is 0 Å². The average molecular weight is 315 g/mol. The molecule has 2 unspecified atom stereocenters. The zero-order chi connectivity index (χ0) is 16.7. The average Bonchev–Trinajstić information content (AvgIpc) is 2.58. The number of nitrogens with one attached hydrogen (secondary N) is 1. The summed E-state index contributed by atoms with van der Waals surface area (Å²) >= 11 is 0. The minimum absolute atomic E-state index is 0.181. The van der Waals surface area contributed by atoms with E-state index in [1.165, 1.54) is 17.7 Å². The summed E-state index contributed by atoms with van der Waals surface area (Å²) < 4.78 is 0. The van der Waals surface area contributed by atoms with E-state index in [1.807, 2.05) is 18.2 Å². The number of rotatable bonds is 8. The lowest BCUT2D eigenvalue weighted by Crippen LogP contribution is -2.26. The molecule has 0 aliphatic carbocycles. The second-order valence-corrected chi connectivity index (χ2v) is 5.78. The van der Waals surface area contributed by atoms with Crippen LogP contribution in [0.25, 0.3) is 0 Å². The third-order valence-electron chi connectivity index (χ3n) is 3.99. The Bertz CT molecular complexity index is 601. The molecule has 124 valence electrons. The molecule has 0 saturated heterocycles. The fourth-order valence-electron chi connectivity index (χ4n) is 2.60. The molecule has 0 radical (unpaired) electrons. The molecular formula is C19H25NO3. The van der Waals surface area contributed by atoms with Crippen LogP contribution in [-0.4, -0.2) is 21.9 Å².